The van der Waals surface area contributed by atoms with Crippen molar-refractivity contribution in [2.24, 2.45) is 0 Å². The minimum absolute atomic E-state index is 0.227. The predicted octanol–water partition coefficient (Wildman–Crippen LogP) is 4.04. The molecule has 0 saturated carbocycles. The van der Waals surface area contributed by atoms with E-state index in [1.807, 2.05) is 51.8 Å². The van der Waals surface area contributed by atoms with Crippen molar-refractivity contribution < 1.29 is 4.79 Å². The molecule has 3 aromatic rings. The molecule has 0 atom stereocenters. The van der Waals surface area contributed by atoms with Crippen molar-refractivity contribution in [3.8, 4) is 0 Å². The first-order valence-electron chi connectivity index (χ1n) is 9.68. The first-order chi connectivity index (χ1) is 13.8. The molecule has 3 rings (SSSR count). The summed E-state index contributed by atoms with van der Waals surface area (Å²) in [5.74, 6) is 0.316. The molecule has 0 aliphatic rings. The van der Waals surface area contributed by atoms with Crippen molar-refractivity contribution in [1.82, 2.24) is 15.0 Å². The molecule has 0 bridgehead atoms. The van der Waals surface area contributed by atoms with Gasteiger partial charge >= 0.3 is 0 Å². The molecule has 0 saturated heterocycles. The number of aryl methyl sites for hydroxylation is 4. The fourth-order valence-corrected chi connectivity index (χ4v) is 3.34. The number of hydrogen-bond acceptors (Lipinski definition) is 5. The average molecular weight is 390 g/mol. The van der Waals surface area contributed by atoms with Crippen LogP contribution in [0, 0.1) is 27.7 Å². The van der Waals surface area contributed by atoms with E-state index >= 15 is 0 Å². The molecule has 0 aliphatic heterocycles. The van der Waals surface area contributed by atoms with E-state index in [4.69, 9.17) is 0 Å². The number of benzene rings is 1. The van der Waals surface area contributed by atoms with Crippen LogP contribution >= 0.6 is 0 Å². The number of hydrogen-bond donors (Lipinski definition) is 1. The minimum Gasteiger partial charge on any atom is -0.344 e. The predicted molar refractivity (Wildman–Crippen MR) is 117 cm³/mol. The van der Waals surface area contributed by atoms with Gasteiger partial charge in [0.1, 0.15) is 5.69 Å². The number of amides is 1. The Balaban J connectivity index is 1.77. The van der Waals surface area contributed by atoms with Crippen molar-refractivity contribution in [2.75, 3.05) is 23.8 Å². The van der Waals surface area contributed by atoms with E-state index in [0.29, 0.717) is 11.6 Å². The van der Waals surface area contributed by atoms with Gasteiger partial charge in [-0.2, -0.15) is 0 Å². The Labute approximate surface area is 172 Å². The molecular weight excluding hydrogens is 362 g/mol. The van der Waals surface area contributed by atoms with Gasteiger partial charge in [-0.05, 0) is 69.0 Å². The number of carbonyl (C=O) groups is 1. The Kier molecular flexibility index (Phi) is 6.22. The summed E-state index contributed by atoms with van der Waals surface area (Å²) >= 11 is 0. The van der Waals surface area contributed by atoms with E-state index in [9.17, 15) is 4.79 Å². The summed E-state index contributed by atoms with van der Waals surface area (Å²) in [5.41, 5.74) is 6.41. The van der Waals surface area contributed by atoms with Crippen LogP contribution in [0.1, 0.15) is 38.4 Å². The van der Waals surface area contributed by atoms with Crippen molar-refractivity contribution in [3.63, 3.8) is 0 Å². The molecule has 6 nitrogen and oxygen atoms in total. The Morgan fingerprint density at radius 2 is 1.66 bits per heavy atom. The summed E-state index contributed by atoms with van der Waals surface area (Å²) in [4.78, 5) is 27.9. The van der Waals surface area contributed by atoms with E-state index in [-0.39, 0.29) is 5.91 Å². The molecular formula is C23H27N5O. The van der Waals surface area contributed by atoms with Crippen molar-refractivity contribution in [1.29, 1.82) is 0 Å². The molecule has 1 amide bonds. The largest absolute Gasteiger partial charge is 0.344 e. The van der Waals surface area contributed by atoms with E-state index in [0.717, 1.165) is 35.5 Å². The number of anilines is 2. The minimum atomic E-state index is -0.227. The van der Waals surface area contributed by atoms with Gasteiger partial charge in [0.05, 0.1) is 0 Å². The van der Waals surface area contributed by atoms with Crippen LogP contribution in [-0.4, -0.2) is 34.5 Å². The van der Waals surface area contributed by atoms with Crippen LogP contribution in [0.3, 0.4) is 0 Å². The summed E-state index contributed by atoms with van der Waals surface area (Å²) in [6.07, 6.45) is 4.42. The number of aromatic nitrogens is 3. The number of nitrogens with one attached hydrogen (secondary N) is 1. The fraction of sp³-hybridized carbons (Fsp3) is 0.304. The monoisotopic (exact) mass is 389 g/mol. The molecule has 6 heteroatoms. The molecule has 0 radical (unpaired) electrons. The molecule has 150 valence electrons. The number of carbonyl (C=O) groups excluding carboxylic acids is 1. The first-order valence-corrected chi connectivity index (χ1v) is 9.68. The number of pyridine rings is 1. The van der Waals surface area contributed by atoms with Gasteiger partial charge in [-0.15, -0.1) is 0 Å². The van der Waals surface area contributed by atoms with Crippen molar-refractivity contribution in [2.45, 2.75) is 34.1 Å². The molecule has 0 aliphatic carbocycles. The Morgan fingerprint density at radius 3 is 2.31 bits per heavy atom. The Morgan fingerprint density at radius 1 is 1.00 bits per heavy atom. The van der Waals surface area contributed by atoms with Crippen LogP contribution in [0.25, 0.3) is 0 Å². The molecule has 1 N–H and O–H groups in total. The van der Waals surface area contributed by atoms with Crippen LogP contribution in [0.5, 0.6) is 0 Å². The second-order valence-corrected chi connectivity index (χ2v) is 7.45. The lowest BCUT2D eigenvalue weighted by Gasteiger charge is -2.18. The number of likely N-dealkylation sites (N-methyl/N-ethyl adjacent to an activating group) is 1. The van der Waals surface area contributed by atoms with Crippen LogP contribution in [0.15, 0.2) is 42.7 Å². The molecule has 2 heterocycles. The van der Waals surface area contributed by atoms with Crippen LogP contribution in [-0.2, 0) is 6.42 Å². The third-order valence-corrected chi connectivity index (χ3v) is 4.82. The molecule has 0 fully saturated rings. The van der Waals surface area contributed by atoms with Crippen molar-refractivity contribution >= 4 is 17.5 Å². The summed E-state index contributed by atoms with van der Waals surface area (Å²) < 4.78 is 0. The summed E-state index contributed by atoms with van der Waals surface area (Å²) in [6.45, 7) is 8.66. The third kappa shape index (κ3) is 5.16. The zero-order chi connectivity index (χ0) is 21.0. The molecule has 0 unspecified atom stereocenters. The van der Waals surface area contributed by atoms with Crippen molar-refractivity contribution in [3.05, 3.63) is 76.4 Å². The molecule has 0 spiro atoms. The molecule has 2 aromatic heterocycles. The maximum atomic E-state index is 12.9. The summed E-state index contributed by atoms with van der Waals surface area (Å²) in [7, 11) is 1.94. The highest BCUT2D eigenvalue weighted by atomic mass is 16.1. The average Bonchev–Trinajstić information content (AvgIpc) is 2.69. The molecule has 1 aromatic carbocycles. The highest BCUT2D eigenvalue weighted by Gasteiger charge is 2.15. The van der Waals surface area contributed by atoms with Gasteiger partial charge in [0.2, 0.25) is 5.95 Å². The van der Waals surface area contributed by atoms with E-state index in [2.05, 4.69) is 32.4 Å². The second kappa shape index (κ2) is 8.82. The quantitative estimate of drug-likeness (QED) is 0.689. The first kappa shape index (κ1) is 20.5. The van der Waals surface area contributed by atoms with Crippen LogP contribution < -0.4 is 10.2 Å². The Bertz CT molecular complexity index is 994. The van der Waals surface area contributed by atoms with Crippen LogP contribution in [0.2, 0.25) is 0 Å². The van der Waals surface area contributed by atoms with Gasteiger partial charge in [0, 0.05) is 37.4 Å². The van der Waals surface area contributed by atoms with Gasteiger partial charge in [0.25, 0.3) is 5.91 Å². The fourth-order valence-electron chi connectivity index (χ4n) is 3.34. The highest BCUT2D eigenvalue weighted by molar-refractivity contribution is 6.04. The number of rotatable bonds is 6. The van der Waals surface area contributed by atoms with Gasteiger partial charge in [-0.25, -0.2) is 9.97 Å². The van der Waals surface area contributed by atoms with Gasteiger partial charge in [-0.3, -0.25) is 9.78 Å². The standard InChI is InChI=1S/C23H27N5O/c1-15-12-16(2)21(17(3)13-15)27-22(29)20-14-18(4)25-23(26-20)28(5)11-8-19-6-9-24-10-7-19/h6-7,9-10,12-14H,8,11H2,1-5H3,(H,27,29). The smallest absolute Gasteiger partial charge is 0.274 e. The lowest BCUT2D eigenvalue weighted by atomic mass is 10.0. The third-order valence-electron chi connectivity index (χ3n) is 4.82. The Hall–Kier alpha value is -3.28. The van der Waals surface area contributed by atoms with E-state index < -0.39 is 0 Å². The highest BCUT2D eigenvalue weighted by Crippen LogP contribution is 2.22. The van der Waals surface area contributed by atoms with E-state index in [1.54, 1.807) is 18.5 Å². The van der Waals surface area contributed by atoms with Crippen LogP contribution in [0.4, 0.5) is 11.6 Å². The summed E-state index contributed by atoms with van der Waals surface area (Å²) in [6, 6.07) is 9.83. The van der Waals surface area contributed by atoms with Gasteiger partial charge < -0.3 is 10.2 Å². The maximum absolute atomic E-state index is 12.9. The zero-order valence-electron chi connectivity index (χ0n) is 17.7. The normalized spacial score (nSPS) is 10.7. The number of nitrogens with zero attached hydrogens (tertiary/aromatic N) is 4. The SMILES string of the molecule is Cc1cc(C)c(NC(=O)c2cc(C)nc(N(C)CCc3ccncc3)n2)c(C)c1. The lowest BCUT2D eigenvalue weighted by Crippen LogP contribution is -2.25. The maximum Gasteiger partial charge on any atom is 0.274 e. The topological polar surface area (TPSA) is 71.0 Å². The van der Waals surface area contributed by atoms with Gasteiger partial charge in [-0.1, -0.05) is 17.7 Å². The van der Waals surface area contributed by atoms with E-state index in [1.165, 1.54) is 11.1 Å². The lowest BCUT2D eigenvalue weighted by molar-refractivity contribution is 0.102. The second-order valence-electron chi connectivity index (χ2n) is 7.45. The summed E-state index contributed by atoms with van der Waals surface area (Å²) in [5, 5.41) is 3.02. The molecule has 29 heavy (non-hydrogen) atoms. The van der Waals surface area contributed by atoms with Gasteiger partial charge in [0.15, 0.2) is 0 Å². The zero-order valence-corrected chi connectivity index (χ0v) is 17.7.